The molecule has 0 spiro atoms. The summed E-state index contributed by atoms with van der Waals surface area (Å²) in [6, 6.07) is 18.5. The van der Waals surface area contributed by atoms with Gasteiger partial charge >= 0.3 is 5.97 Å². The van der Waals surface area contributed by atoms with Crippen molar-refractivity contribution in [3.05, 3.63) is 96.1 Å². The molecule has 3 aromatic heterocycles. The molecule has 0 unspecified atom stereocenters. The first-order valence-electron chi connectivity index (χ1n) is 14.8. The van der Waals surface area contributed by atoms with Crippen LogP contribution in [0, 0.1) is 6.92 Å². The van der Waals surface area contributed by atoms with Crippen molar-refractivity contribution >= 4 is 93.3 Å². The van der Waals surface area contributed by atoms with Crippen molar-refractivity contribution in [1.82, 2.24) is 4.90 Å². The Hall–Kier alpha value is -3.23. The SMILES string of the molecule is CCOC(=O)c1sc2ccc(S(=O)(=O)N(CCc3cccs3)c3ccccc3N3CCN(C(=O)c4sccc4Br)CC3)cc2c1C. The van der Waals surface area contributed by atoms with E-state index in [0.29, 0.717) is 53.6 Å². The standard InChI is InChI=1S/C33H32BrN3O5S4/c1-3-42-33(39)30-22(2)25-21-24(10-11-29(25)45-30)46(40,41)37(14-12-23-7-6-19-43-23)28-9-5-4-8-27(28)35-15-17-36(18-16-35)32(38)31-26(34)13-20-44-31/h4-11,13,19-21H,3,12,14-18H2,1-2H3. The van der Waals surface area contributed by atoms with Crippen LogP contribution in [0.4, 0.5) is 11.4 Å². The lowest BCUT2D eigenvalue weighted by molar-refractivity contribution is 0.0531. The van der Waals surface area contributed by atoms with Crippen molar-refractivity contribution in [3.8, 4) is 0 Å². The minimum Gasteiger partial charge on any atom is -0.462 e. The molecule has 0 saturated carbocycles. The molecule has 0 atom stereocenters. The Balaban J connectivity index is 1.33. The van der Waals surface area contributed by atoms with E-state index in [9.17, 15) is 18.0 Å². The molecular weight excluding hydrogens is 727 g/mol. The predicted molar refractivity (Wildman–Crippen MR) is 192 cm³/mol. The van der Waals surface area contributed by atoms with Crippen LogP contribution in [-0.4, -0.2) is 64.5 Å². The Morgan fingerprint density at radius 2 is 1.74 bits per heavy atom. The van der Waals surface area contributed by atoms with Gasteiger partial charge in [0.1, 0.15) is 9.75 Å². The monoisotopic (exact) mass is 757 g/mol. The zero-order chi connectivity index (χ0) is 32.4. The minimum absolute atomic E-state index is 0.000178. The number of anilines is 2. The molecular formula is C33H32BrN3O5S4. The first-order valence-corrected chi connectivity index (χ1v) is 19.6. The van der Waals surface area contributed by atoms with Crippen molar-refractivity contribution in [2.45, 2.75) is 25.2 Å². The lowest BCUT2D eigenvalue weighted by Gasteiger charge is -2.38. The van der Waals surface area contributed by atoms with Crippen molar-refractivity contribution < 1.29 is 22.7 Å². The van der Waals surface area contributed by atoms with Crippen LogP contribution in [0.5, 0.6) is 0 Å². The number of rotatable bonds is 10. The summed E-state index contributed by atoms with van der Waals surface area (Å²) in [6.45, 7) is 6.29. The normalized spacial score (nSPS) is 13.7. The van der Waals surface area contributed by atoms with Crippen LogP contribution in [0.15, 0.2) is 80.8 Å². The van der Waals surface area contributed by atoms with Gasteiger partial charge in [0.15, 0.2) is 0 Å². The molecule has 13 heteroatoms. The summed E-state index contributed by atoms with van der Waals surface area (Å²) in [5.41, 5.74) is 2.11. The third-order valence-corrected chi connectivity index (χ3v) is 13.8. The molecule has 1 saturated heterocycles. The molecule has 5 aromatic rings. The van der Waals surface area contributed by atoms with E-state index >= 15 is 0 Å². The van der Waals surface area contributed by atoms with E-state index in [1.54, 1.807) is 36.5 Å². The Labute approximate surface area is 289 Å². The van der Waals surface area contributed by atoms with E-state index < -0.39 is 16.0 Å². The third-order valence-electron chi connectivity index (χ3n) is 7.97. The van der Waals surface area contributed by atoms with E-state index in [4.69, 9.17) is 4.74 Å². The molecule has 0 N–H and O–H groups in total. The molecule has 2 aromatic carbocycles. The average molecular weight is 759 g/mol. The lowest BCUT2D eigenvalue weighted by atomic mass is 10.1. The highest BCUT2D eigenvalue weighted by Crippen LogP contribution is 2.37. The molecule has 1 amide bonds. The van der Waals surface area contributed by atoms with Crippen LogP contribution in [-0.2, 0) is 21.2 Å². The maximum atomic E-state index is 14.6. The highest BCUT2D eigenvalue weighted by molar-refractivity contribution is 9.10. The minimum atomic E-state index is -4.03. The molecule has 1 fully saturated rings. The van der Waals surface area contributed by atoms with Crippen LogP contribution in [0.1, 0.15) is 36.7 Å². The number of ether oxygens (including phenoxy) is 1. The van der Waals surface area contributed by atoms with Gasteiger partial charge in [-0.1, -0.05) is 18.2 Å². The number of benzene rings is 2. The summed E-state index contributed by atoms with van der Waals surface area (Å²) in [7, 11) is -4.03. The largest absolute Gasteiger partial charge is 0.462 e. The van der Waals surface area contributed by atoms with Crippen molar-refractivity contribution in [3.63, 3.8) is 0 Å². The van der Waals surface area contributed by atoms with E-state index in [1.807, 2.05) is 65.0 Å². The lowest BCUT2D eigenvalue weighted by Crippen LogP contribution is -2.49. The summed E-state index contributed by atoms with van der Waals surface area (Å²) < 4.78 is 37.6. The van der Waals surface area contributed by atoms with E-state index in [2.05, 4.69) is 20.8 Å². The molecule has 46 heavy (non-hydrogen) atoms. The quantitative estimate of drug-likeness (QED) is 0.136. The van der Waals surface area contributed by atoms with Gasteiger partial charge in [-0.2, -0.15) is 0 Å². The summed E-state index contributed by atoms with van der Waals surface area (Å²) >= 11 is 7.81. The second-order valence-electron chi connectivity index (χ2n) is 10.7. The number of hydrogen-bond acceptors (Lipinski definition) is 9. The summed E-state index contributed by atoms with van der Waals surface area (Å²) in [6.07, 6.45) is 0.552. The number of halogens is 1. The van der Waals surface area contributed by atoms with Crippen molar-refractivity contribution in [2.24, 2.45) is 0 Å². The molecule has 0 bridgehead atoms. The molecule has 8 nitrogen and oxygen atoms in total. The number of carbonyl (C=O) groups excluding carboxylic acids is 2. The second kappa shape index (κ2) is 13.9. The highest BCUT2D eigenvalue weighted by atomic mass is 79.9. The smallest absolute Gasteiger partial charge is 0.348 e. The predicted octanol–water partition coefficient (Wildman–Crippen LogP) is 7.67. The van der Waals surface area contributed by atoms with Gasteiger partial charge < -0.3 is 14.5 Å². The molecule has 0 radical (unpaired) electrons. The van der Waals surface area contributed by atoms with Gasteiger partial charge in [0, 0.05) is 53.2 Å². The van der Waals surface area contributed by atoms with Gasteiger partial charge in [-0.3, -0.25) is 9.10 Å². The Morgan fingerprint density at radius 1 is 0.957 bits per heavy atom. The Morgan fingerprint density at radius 3 is 2.43 bits per heavy atom. The van der Waals surface area contributed by atoms with Crippen LogP contribution in [0.2, 0.25) is 0 Å². The number of sulfonamides is 1. The van der Waals surface area contributed by atoms with Crippen LogP contribution in [0.3, 0.4) is 0 Å². The second-order valence-corrected chi connectivity index (χ2v) is 16.4. The average Bonchev–Trinajstić information content (AvgIpc) is 3.82. The van der Waals surface area contributed by atoms with Crippen molar-refractivity contribution in [1.29, 1.82) is 0 Å². The van der Waals surface area contributed by atoms with Crippen LogP contribution in [0.25, 0.3) is 10.1 Å². The topological polar surface area (TPSA) is 87.2 Å². The fourth-order valence-electron chi connectivity index (χ4n) is 5.60. The number of amides is 1. The fraction of sp³-hybridized carbons (Fsp3) is 0.273. The maximum absolute atomic E-state index is 14.6. The third kappa shape index (κ3) is 6.48. The van der Waals surface area contributed by atoms with Crippen LogP contribution < -0.4 is 9.21 Å². The van der Waals surface area contributed by atoms with Gasteiger partial charge in [-0.25, -0.2) is 13.2 Å². The summed E-state index contributed by atoms with van der Waals surface area (Å²) in [5, 5.41) is 4.61. The Bertz CT molecular complexity index is 1980. The van der Waals surface area contributed by atoms with Gasteiger partial charge in [-0.05, 0) is 94.0 Å². The number of para-hydroxylation sites is 2. The number of piperazine rings is 1. The number of hydrogen-bond donors (Lipinski definition) is 0. The van der Waals surface area contributed by atoms with E-state index in [1.165, 1.54) is 27.0 Å². The fourth-order valence-corrected chi connectivity index (χ4v) is 10.4. The number of thiophene rings is 3. The maximum Gasteiger partial charge on any atom is 0.348 e. The molecule has 6 rings (SSSR count). The molecule has 0 aliphatic carbocycles. The molecule has 240 valence electrons. The number of fused-ring (bicyclic) bond motifs is 1. The van der Waals surface area contributed by atoms with E-state index in [0.717, 1.165) is 25.1 Å². The molecule has 4 heterocycles. The Kier molecular flexibility index (Phi) is 9.85. The highest BCUT2D eigenvalue weighted by Gasteiger charge is 2.31. The molecule has 1 aliphatic heterocycles. The van der Waals surface area contributed by atoms with E-state index in [-0.39, 0.29) is 24.0 Å². The van der Waals surface area contributed by atoms with Crippen LogP contribution >= 0.6 is 49.9 Å². The number of aryl methyl sites for hydroxylation is 1. The number of esters is 1. The van der Waals surface area contributed by atoms with Gasteiger partial charge in [0.25, 0.3) is 15.9 Å². The van der Waals surface area contributed by atoms with Gasteiger partial charge in [0.2, 0.25) is 0 Å². The first kappa shape index (κ1) is 32.7. The zero-order valence-corrected chi connectivity index (χ0v) is 30.1. The number of nitrogens with zero attached hydrogens (tertiary/aromatic N) is 3. The van der Waals surface area contributed by atoms with Gasteiger partial charge in [-0.15, -0.1) is 34.0 Å². The van der Waals surface area contributed by atoms with Gasteiger partial charge in [0.05, 0.1) is 22.9 Å². The molecule has 1 aliphatic rings. The number of carbonyl (C=O) groups is 2. The summed E-state index contributed by atoms with van der Waals surface area (Å²) in [4.78, 5) is 32.1. The van der Waals surface area contributed by atoms with Crippen molar-refractivity contribution in [2.75, 3.05) is 48.5 Å². The zero-order valence-electron chi connectivity index (χ0n) is 25.3. The summed E-state index contributed by atoms with van der Waals surface area (Å²) in [5.74, 6) is -0.401. The first-order chi connectivity index (χ1) is 22.2.